The highest BCUT2D eigenvalue weighted by Crippen LogP contribution is 1.99. The molecular formula is C9H21NO3S. The second-order valence-corrected chi connectivity index (χ2v) is 6.07. The first kappa shape index (κ1) is 13.9. The molecule has 0 aliphatic rings. The first-order valence-corrected chi connectivity index (χ1v) is 6.79. The largest absolute Gasteiger partial charge is 0.380 e. The molecule has 0 aromatic rings. The number of ether oxygens (including phenoxy) is 1. The summed E-state index contributed by atoms with van der Waals surface area (Å²) in [6.07, 6.45) is 1.33. The fourth-order valence-corrected chi connectivity index (χ4v) is 2.30. The lowest BCUT2D eigenvalue weighted by molar-refractivity contribution is 0.0861. The molecule has 1 N–H and O–H groups in total. The fraction of sp³-hybridized carbons (Fsp3) is 1.00. The van der Waals surface area contributed by atoms with Crippen molar-refractivity contribution in [3.05, 3.63) is 0 Å². The molecule has 0 fully saturated rings. The van der Waals surface area contributed by atoms with Gasteiger partial charge in [-0.05, 0) is 20.8 Å². The van der Waals surface area contributed by atoms with Gasteiger partial charge < -0.3 is 10.1 Å². The van der Waals surface area contributed by atoms with Crippen molar-refractivity contribution in [2.45, 2.75) is 39.0 Å². The summed E-state index contributed by atoms with van der Waals surface area (Å²) in [6, 6.07) is 0.106. The van der Waals surface area contributed by atoms with Crippen LogP contribution in [-0.2, 0) is 14.6 Å². The lowest BCUT2D eigenvalue weighted by atomic mass is 10.2. The van der Waals surface area contributed by atoms with Crippen molar-refractivity contribution >= 4 is 9.84 Å². The molecule has 3 atom stereocenters. The number of hydrogen-bond donors (Lipinski definition) is 1. The quantitative estimate of drug-likeness (QED) is 0.709. The highest BCUT2D eigenvalue weighted by atomic mass is 32.2. The van der Waals surface area contributed by atoms with E-state index < -0.39 is 9.84 Å². The zero-order valence-electron chi connectivity index (χ0n) is 9.57. The lowest BCUT2D eigenvalue weighted by Crippen LogP contribution is -2.44. The zero-order chi connectivity index (χ0) is 11.4. The third kappa shape index (κ3) is 6.34. The second-order valence-electron chi connectivity index (χ2n) is 3.89. The summed E-state index contributed by atoms with van der Waals surface area (Å²) >= 11 is 0. The molecule has 0 aromatic carbocycles. The van der Waals surface area contributed by atoms with Crippen molar-refractivity contribution in [1.82, 2.24) is 5.32 Å². The Balaban J connectivity index is 4.00. The molecule has 0 amide bonds. The van der Waals surface area contributed by atoms with Gasteiger partial charge in [-0.25, -0.2) is 8.42 Å². The maximum absolute atomic E-state index is 11.0. The highest BCUT2D eigenvalue weighted by Gasteiger charge is 2.16. The van der Waals surface area contributed by atoms with Gasteiger partial charge in [-0.2, -0.15) is 0 Å². The minimum absolute atomic E-state index is 0.0439. The molecule has 4 nitrogen and oxygen atoms in total. The van der Waals surface area contributed by atoms with Crippen LogP contribution in [0, 0.1) is 0 Å². The van der Waals surface area contributed by atoms with E-state index in [1.54, 1.807) is 7.11 Å². The molecule has 14 heavy (non-hydrogen) atoms. The van der Waals surface area contributed by atoms with Crippen molar-refractivity contribution in [3.63, 3.8) is 0 Å². The van der Waals surface area contributed by atoms with Crippen molar-refractivity contribution in [3.8, 4) is 0 Å². The Hall–Kier alpha value is -0.130. The molecule has 0 aliphatic heterocycles. The van der Waals surface area contributed by atoms with E-state index in [0.717, 1.165) is 0 Å². The van der Waals surface area contributed by atoms with Gasteiger partial charge in [-0.1, -0.05) is 0 Å². The molecule has 0 spiro atoms. The molecule has 0 bridgehead atoms. The van der Waals surface area contributed by atoms with Crippen molar-refractivity contribution in [2.75, 3.05) is 19.1 Å². The van der Waals surface area contributed by atoms with Crippen LogP contribution in [0.1, 0.15) is 20.8 Å². The SMILES string of the molecule is COC(C)C(C)NC(C)CS(C)(=O)=O. The minimum Gasteiger partial charge on any atom is -0.380 e. The summed E-state index contributed by atoms with van der Waals surface area (Å²) in [4.78, 5) is 0. The monoisotopic (exact) mass is 223 g/mol. The molecule has 0 aliphatic carbocycles. The number of methoxy groups -OCH3 is 1. The first-order valence-electron chi connectivity index (χ1n) is 4.73. The third-order valence-corrected chi connectivity index (χ3v) is 3.28. The zero-order valence-corrected chi connectivity index (χ0v) is 10.4. The Morgan fingerprint density at radius 1 is 1.29 bits per heavy atom. The van der Waals surface area contributed by atoms with E-state index in [-0.39, 0.29) is 23.9 Å². The summed E-state index contributed by atoms with van der Waals surface area (Å²) in [5, 5.41) is 3.18. The Labute approximate surface area is 86.9 Å². The van der Waals surface area contributed by atoms with Crippen molar-refractivity contribution in [2.24, 2.45) is 0 Å². The fourth-order valence-electron chi connectivity index (χ4n) is 1.29. The molecule has 5 heteroatoms. The van der Waals surface area contributed by atoms with Crippen LogP contribution in [0.5, 0.6) is 0 Å². The van der Waals surface area contributed by atoms with Crippen LogP contribution in [-0.4, -0.2) is 45.7 Å². The highest BCUT2D eigenvalue weighted by molar-refractivity contribution is 7.90. The standard InChI is InChI=1S/C9H21NO3S/c1-7(6-14(5,11)12)10-8(2)9(3)13-4/h7-10H,6H2,1-5H3. The van der Waals surface area contributed by atoms with Crippen LogP contribution in [0.3, 0.4) is 0 Å². The lowest BCUT2D eigenvalue weighted by Gasteiger charge is -2.23. The molecular weight excluding hydrogens is 202 g/mol. The summed E-state index contributed by atoms with van der Waals surface area (Å²) in [5.74, 6) is 0.160. The van der Waals surface area contributed by atoms with Crippen LogP contribution in [0.4, 0.5) is 0 Å². The Bertz CT molecular complexity index is 251. The molecule has 0 aromatic heterocycles. The normalized spacial score (nSPS) is 18.9. The number of nitrogens with one attached hydrogen (secondary N) is 1. The van der Waals surface area contributed by atoms with Gasteiger partial charge in [0, 0.05) is 25.4 Å². The first-order chi connectivity index (χ1) is 6.26. The molecule has 0 radical (unpaired) electrons. The Morgan fingerprint density at radius 2 is 1.79 bits per heavy atom. The Kier molecular flexibility index (Phi) is 5.63. The predicted octanol–water partition coefficient (Wildman–Crippen LogP) is 0.433. The van der Waals surface area contributed by atoms with Gasteiger partial charge in [0.1, 0.15) is 9.84 Å². The van der Waals surface area contributed by atoms with Gasteiger partial charge in [-0.3, -0.25) is 0 Å². The van der Waals surface area contributed by atoms with Gasteiger partial charge >= 0.3 is 0 Å². The minimum atomic E-state index is -2.90. The summed E-state index contributed by atoms with van der Waals surface area (Å²) < 4.78 is 27.1. The molecule has 0 saturated carbocycles. The predicted molar refractivity (Wildman–Crippen MR) is 58.2 cm³/mol. The van der Waals surface area contributed by atoms with E-state index in [2.05, 4.69) is 5.32 Å². The maximum atomic E-state index is 11.0. The molecule has 0 heterocycles. The summed E-state index contributed by atoms with van der Waals surface area (Å²) in [7, 11) is -1.26. The van der Waals surface area contributed by atoms with Gasteiger partial charge in [0.2, 0.25) is 0 Å². The van der Waals surface area contributed by atoms with Crippen LogP contribution in [0.2, 0.25) is 0 Å². The van der Waals surface area contributed by atoms with E-state index in [1.807, 2.05) is 20.8 Å². The average Bonchev–Trinajstić information content (AvgIpc) is 1.99. The molecule has 86 valence electrons. The smallest absolute Gasteiger partial charge is 0.148 e. The van der Waals surface area contributed by atoms with Crippen molar-refractivity contribution < 1.29 is 13.2 Å². The number of rotatable bonds is 6. The van der Waals surface area contributed by atoms with E-state index in [0.29, 0.717) is 0 Å². The molecule has 0 rings (SSSR count). The second kappa shape index (κ2) is 5.68. The van der Waals surface area contributed by atoms with Gasteiger partial charge in [0.25, 0.3) is 0 Å². The molecule has 0 saturated heterocycles. The summed E-state index contributed by atoms with van der Waals surface area (Å²) in [6.45, 7) is 5.79. The van der Waals surface area contributed by atoms with Gasteiger partial charge in [-0.15, -0.1) is 0 Å². The Morgan fingerprint density at radius 3 is 2.14 bits per heavy atom. The van der Waals surface area contributed by atoms with E-state index in [9.17, 15) is 8.42 Å². The van der Waals surface area contributed by atoms with Crippen LogP contribution in [0.25, 0.3) is 0 Å². The van der Waals surface area contributed by atoms with Crippen molar-refractivity contribution in [1.29, 1.82) is 0 Å². The van der Waals surface area contributed by atoms with E-state index in [4.69, 9.17) is 4.74 Å². The van der Waals surface area contributed by atoms with Crippen LogP contribution < -0.4 is 5.32 Å². The van der Waals surface area contributed by atoms with Crippen LogP contribution in [0.15, 0.2) is 0 Å². The van der Waals surface area contributed by atoms with E-state index in [1.165, 1.54) is 6.26 Å². The topological polar surface area (TPSA) is 55.4 Å². The van der Waals surface area contributed by atoms with Gasteiger partial charge in [0.05, 0.1) is 11.9 Å². The average molecular weight is 223 g/mol. The molecule has 3 unspecified atom stereocenters. The van der Waals surface area contributed by atoms with E-state index >= 15 is 0 Å². The number of sulfone groups is 1. The maximum Gasteiger partial charge on any atom is 0.148 e. The van der Waals surface area contributed by atoms with Gasteiger partial charge in [0.15, 0.2) is 0 Å². The van der Waals surface area contributed by atoms with Crippen LogP contribution >= 0.6 is 0 Å². The number of hydrogen-bond acceptors (Lipinski definition) is 4. The third-order valence-electron chi connectivity index (χ3n) is 2.18. The summed E-state index contributed by atoms with van der Waals surface area (Å²) in [5.41, 5.74) is 0.